The second kappa shape index (κ2) is 5.74. The van der Waals surface area contributed by atoms with Crippen LogP contribution in [0.15, 0.2) is 33.9 Å². The van der Waals surface area contributed by atoms with Crippen molar-refractivity contribution >= 4 is 31.3 Å². The van der Waals surface area contributed by atoms with Crippen LogP contribution >= 0.6 is 10.7 Å². The summed E-state index contributed by atoms with van der Waals surface area (Å²) in [6, 6.07) is 3.86. The highest BCUT2D eigenvalue weighted by atomic mass is 35.7. The molecule has 1 N–H and O–H groups in total. The van der Waals surface area contributed by atoms with Crippen LogP contribution in [0.4, 0.5) is 5.69 Å². The van der Waals surface area contributed by atoms with E-state index in [-0.39, 0.29) is 22.1 Å². The van der Waals surface area contributed by atoms with Gasteiger partial charge in [0, 0.05) is 10.7 Å². The molecule has 1 aromatic heterocycles. The topological polar surface area (TPSA) is 98.5 Å². The molecule has 0 saturated heterocycles. The van der Waals surface area contributed by atoms with Gasteiger partial charge in [-0.05, 0) is 25.1 Å². The molecule has 0 saturated carbocycles. The van der Waals surface area contributed by atoms with Crippen LogP contribution in [0.3, 0.4) is 0 Å². The van der Waals surface area contributed by atoms with Crippen LogP contribution < -0.4 is 10.1 Å². The third-order valence-electron chi connectivity index (χ3n) is 2.65. The minimum atomic E-state index is -3.92. The monoisotopic (exact) mass is 330 g/mol. The molecule has 0 unspecified atom stereocenters. The number of benzene rings is 1. The molecular formula is C12H11ClN2O5S. The summed E-state index contributed by atoms with van der Waals surface area (Å²) in [5.74, 6) is -0.270. The number of hydrogen-bond donors (Lipinski definition) is 1. The first-order valence-electron chi connectivity index (χ1n) is 5.67. The van der Waals surface area contributed by atoms with Gasteiger partial charge in [-0.1, -0.05) is 0 Å². The van der Waals surface area contributed by atoms with E-state index in [1.54, 1.807) is 6.92 Å². The molecule has 0 aliphatic carbocycles. The highest BCUT2D eigenvalue weighted by Gasteiger charge is 2.18. The Morgan fingerprint density at radius 2 is 2.14 bits per heavy atom. The van der Waals surface area contributed by atoms with Crippen LogP contribution in [0.2, 0.25) is 0 Å². The zero-order valence-electron chi connectivity index (χ0n) is 11.1. The Hall–Kier alpha value is -2.06. The molecule has 0 aliphatic rings. The summed E-state index contributed by atoms with van der Waals surface area (Å²) in [6.45, 7) is 1.61. The van der Waals surface area contributed by atoms with E-state index in [0.717, 1.165) is 6.39 Å². The summed E-state index contributed by atoms with van der Waals surface area (Å²) in [7, 11) is 2.75. The van der Waals surface area contributed by atoms with Crippen LogP contribution in [0.1, 0.15) is 16.2 Å². The molecule has 1 heterocycles. The van der Waals surface area contributed by atoms with Gasteiger partial charge in [0.2, 0.25) is 5.76 Å². The van der Waals surface area contributed by atoms with Crippen LogP contribution in [-0.2, 0) is 9.05 Å². The highest BCUT2D eigenvalue weighted by molar-refractivity contribution is 8.13. The number of oxazole rings is 1. The molecule has 0 atom stereocenters. The van der Waals surface area contributed by atoms with Crippen molar-refractivity contribution in [3.63, 3.8) is 0 Å². The number of aromatic nitrogens is 1. The molecule has 0 bridgehead atoms. The molecule has 1 aromatic carbocycles. The molecule has 21 heavy (non-hydrogen) atoms. The number of methoxy groups -OCH3 is 1. The van der Waals surface area contributed by atoms with Gasteiger partial charge >= 0.3 is 0 Å². The third kappa shape index (κ3) is 3.34. The van der Waals surface area contributed by atoms with E-state index in [1.807, 2.05) is 0 Å². The van der Waals surface area contributed by atoms with Crippen molar-refractivity contribution < 1.29 is 22.4 Å². The summed E-state index contributed by atoms with van der Waals surface area (Å²) >= 11 is 0. The van der Waals surface area contributed by atoms with E-state index < -0.39 is 15.0 Å². The molecule has 0 spiro atoms. The van der Waals surface area contributed by atoms with Crippen LogP contribution in [0, 0.1) is 6.92 Å². The Labute approximate surface area is 125 Å². The van der Waals surface area contributed by atoms with Gasteiger partial charge in [0.1, 0.15) is 5.75 Å². The number of carbonyl (C=O) groups excluding carboxylic acids is 1. The number of anilines is 1. The number of nitrogens with zero attached hydrogens (tertiary/aromatic N) is 1. The lowest BCUT2D eigenvalue weighted by molar-refractivity contribution is 0.0995. The lowest BCUT2D eigenvalue weighted by atomic mass is 10.2. The number of halogens is 1. The van der Waals surface area contributed by atoms with E-state index in [2.05, 4.69) is 10.3 Å². The molecule has 1 amide bonds. The van der Waals surface area contributed by atoms with Crippen molar-refractivity contribution in [2.24, 2.45) is 0 Å². The first-order chi connectivity index (χ1) is 9.82. The Morgan fingerprint density at radius 3 is 2.67 bits per heavy atom. The minimum absolute atomic E-state index is 0.0242. The number of aryl methyl sites for hydroxylation is 1. The molecule has 0 aliphatic heterocycles. The fraction of sp³-hybridized carbons (Fsp3) is 0.167. The second-order valence-electron chi connectivity index (χ2n) is 4.02. The second-order valence-corrected chi connectivity index (χ2v) is 6.59. The number of rotatable bonds is 4. The fourth-order valence-electron chi connectivity index (χ4n) is 1.64. The van der Waals surface area contributed by atoms with Gasteiger partial charge in [0.05, 0.1) is 23.4 Å². The standard InChI is InChI=1S/C12H11ClN2O5S/c1-7-11(20-6-14-7)12(16)15-9-5-8(21(13,17)18)3-4-10(9)19-2/h3-6H,1-2H3,(H,15,16). The molecule has 7 nitrogen and oxygen atoms in total. The summed E-state index contributed by atoms with van der Waals surface area (Å²) < 4.78 is 32.7. The van der Waals surface area contributed by atoms with Crippen molar-refractivity contribution in [3.05, 3.63) is 36.0 Å². The van der Waals surface area contributed by atoms with E-state index in [4.69, 9.17) is 19.8 Å². The number of carbonyl (C=O) groups is 1. The van der Waals surface area contributed by atoms with Crippen molar-refractivity contribution in [2.75, 3.05) is 12.4 Å². The van der Waals surface area contributed by atoms with Crippen LogP contribution in [0.5, 0.6) is 5.75 Å². The lowest BCUT2D eigenvalue weighted by Gasteiger charge is -2.10. The van der Waals surface area contributed by atoms with Crippen molar-refractivity contribution in [3.8, 4) is 5.75 Å². The fourth-order valence-corrected chi connectivity index (χ4v) is 2.41. The SMILES string of the molecule is COc1ccc(S(=O)(=O)Cl)cc1NC(=O)c1ocnc1C. The zero-order chi connectivity index (χ0) is 15.6. The zero-order valence-corrected chi connectivity index (χ0v) is 12.7. The Balaban J connectivity index is 2.38. The number of nitrogens with one attached hydrogen (secondary N) is 1. The molecule has 9 heteroatoms. The summed E-state index contributed by atoms with van der Waals surface area (Å²) in [6.07, 6.45) is 1.14. The maximum Gasteiger partial charge on any atom is 0.293 e. The Bertz CT molecular complexity index is 785. The summed E-state index contributed by atoms with van der Waals surface area (Å²) in [5, 5.41) is 2.50. The molecular weight excluding hydrogens is 320 g/mol. The minimum Gasteiger partial charge on any atom is -0.495 e. The van der Waals surface area contributed by atoms with E-state index in [9.17, 15) is 13.2 Å². The van der Waals surface area contributed by atoms with Gasteiger partial charge in [0.15, 0.2) is 6.39 Å². The summed E-state index contributed by atoms with van der Waals surface area (Å²) in [5.41, 5.74) is 0.563. The average Bonchev–Trinajstić information content (AvgIpc) is 2.84. The summed E-state index contributed by atoms with van der Waals surface area (Å²) in [4.78, 5) is 15.7. The van der Waals surface area contributed by atoms with Gasteiger partial charge in [-0.2, -0.15) is 0 Å². The van der Waals surface area contributed by atoms with Crippen molar-refractivity contribution in [1.82, 2.24) is 4.98 Å². The van der Waals surface area contributed by atoms with E-state index in [0.29, 0.717) is 5.69 Å². The predicted molar refractivity (Wildman–Crippen MR) is 75.2 cm³/mol. The molecule has 112 valence electrons. The van der Waals surface area contributed by atoms with Crippen molar-refractivity contribution in [1.29, 1.82) is 0 Å². The number of ether oxygens (including phenoxy) is 1. The predicted octanol–water partition coefficient (Wildman–Crippen LogP) is 2.17. The number of hydrogen-bond acceptors (Lipinski definition) is 6. The Morgan fingerprint density at radius 1 is 1.43 bits per heavy atom. The van der Waals surface area contributed by atoms with E-state index >= 15 is 0 Å². The number of amides is 1. The molecule has 0 radical (unpaired) electrons. The smallest absolute Gasteiger partial charge is 0.293 e. The largest absolute Gasteiger partial charge is 0.495 e. The molecule has 2 aromatic rings. The van der Waals surface area contributed by atoms with Crippen LogP contribution in [0.25, 0.3) is 0 Å². The van der Waals surface area contributed by atoms with Crippen molar-refractivity contribution in [2.45, 2.75) is 11.8 Å². The quantitative estimate of drug-likeness (QED) is 0.863. The maximum atomic E-state index is 12.0. The third-order valence-corrected chi connectivity index (χ3v) is 4.00. The van der Waals surface area contributed by atoms with Gasteiger partial charge in [-0.3, -0.25) is 4.79 Å². The van der Waals surface area contributed by atoms with Gasteiger partial charge in [0.25, 0.3) is 15.0 Å². The highest BCUT2D eigenvalue weighted by Crippen LogP contribution is 2.29. The lowest BCUT2D eigenvalue weighted by Crippen LogP contribution is -2.13. The average molecular weight is 331 g/mol. The Kier molecular flexibility index (Phi) is 4.19. The van der Waals surface area contributed by atoms with Gasteiger partial charge in [-0.15, -0.1) is 0 Å². The first kappa shape index (κ1) is 15.3. The molecule has 0 fully saturated rings. The molecule has 2 rings (SSSR count). The van der Waals surface area contributed by atoms with E-state index in [1.165, 1.54) is 25.3 Å². The van der Waals surface area contributed by atoms with Crippen LogP contribution in [-0.4, -0.2) is 26.4 Å². The van der Waals surface area contributed by atoms with Gasteiger partial charge in [-0.25, -0.2) is 13.4 Å². The normalized spacial score (nSPS) is 11.2. The first-order valence-corrected chi connectivity index (χ1v) is 7.98. The van der Waals surface area contributed by atoms with Gasteiger partial charge < -0.3 is 14.5 Å². The maximum absolute atomic E-state index is 12.0.